The Balaban J connectivity index is 2.10. The largest absolute Gasteiger partial charge is 0.419 e. The second-order valence-corrected chi connectivity index (χ2v) is 6.58. The van der Waals surface area contributed by atoms with Crippen molar-refractivity contribution in [2.75, 3.05) is 5.01 Å². The number of hydrazine groups is 1. The van der Waals surface area contributed by atoms with Gasteiger partial charge in [0.05, 0.1) is 10.6 Å². The molecule has 0 aromatic heterocycles. The van der Waals surface area contributed by atoms with E-state index in [-0.39, 0.29) is 16.9 Å². The number of esters is 1. The lowest BCUT2D eigenvalue weighted by Gasteiger charge is -2.13. The van der Waals surface area contributed by atoms with Crippen LogP contribution in [0, 0.1) is 10.1 Å². The summed E-state index contributed by atoms with van der Waals surface area (Å²) in [5, 5.41) is 12.4. The van der Waals surface area contributed by atoms with Gasteiger partial charge in [-0.2, -0.15) is 0 Å². The average molecular weight is 446 g/mol. The molecule has 1 saturated heterocycles. The topological polar surface area (TPSA) is 119 Å². The Kier molecular flexibility index (Phi) is 5.23. The first-order valence-electron chi connectivity index (χ1n) is 7.86. The number of nitro benzene ring substituents is 1. The van der Waals surface area contributed by atoms with E-state index >= 15 is 0 Å². The van der Waals surface area contributed by atoms with Crippen LogP contribution < -0.4 is 15.2 Å². The third kappa shape index (κ3) is 3.76. The number of ether oxygens (including phenoxy) is 1. The minimum atomic E-state index is -0.779. The van der Waals surface area contributed by atoms with E-state index in [0.29, 0.717) is 10.2 Å². The molecule has 1 aliphatic heterocycles. The summed E-state index contributed by atoms with van der Waals surface area (Å²) in [6.45, 7) is 1.09. The van der Waals surface area contributed by atoms with E-state index in [0.717, 1.165) is 24.1 Å². The molecule has 0 unspecified atom stereocenters. The second kappa shape index (κ2) is 7.61. The number of nitro groups is 1. The number of carbonyl (C=O) groups is 3. The normalized spacial score (nSPS) is 14.9. The second-order valence-electron chi connectivity index (χ2n) is 5.67. The SMILES string of the molecule is CC(=O)Oc1c(C=C2C(=O)NN(c3ccccc3)C2=O)cc(Br)cc1[N+](=O)[O-]. The van der Waals surface area contributed by atoms with Crippen LogP contribution in [0.4, 0.5) is 11.4 Å². The number of hydrogen-bond donors (Lipinski definition) is 1. The molecule has 10 heteroatoms. The number of nitrogens with zero attached hydrogens (tertiary/aromatic N) is 2. The van der Waals surface area contributed by atoms with Crippen molar-refractivity contribution < 1.29 is 24.0 Å². The van der Waals surface area contributed by atoms with Crippen LogP contribution in [0.3, 0.4) is 0 Å². The van der Waals surface area contributed by atoms with Crippen LogP contribution in [0.25, 0.3) is 6.08 Å². The molecule has 28 heavy (non-hydrogen) atoms. The van der Waals surface area contributed by atoms with Crippen LogP contribution in [0.2, 0.25) is 0 Å². The summed E-state index contributed by atoms with van der Waals surface area (Å²) in [5.74, 6) is -2.47. The first-order valence-corrected chi connectivity index (χ1v) is 8.65. The number of carbonyl (C=O) groups excluding carboxylic acids is 3. The predicted molar refractivity (Wildman–Crippen MR) is 102 cm³/mol. The fraction of sp³-hybridized carbons (Fsp3) is 0.0556. The van der Waals surface area contributed by atoms with Crippen molar-refractivity contribution in [2.24, 2.45) is 0 Å². The number of nitrogens with one attached hydrogen (secondary N) is 1. The molecule has 0 spiro atoms. The number of benzene rings is 2. The number of anilines is 1. The van der Waals surface area contributed by atoms with Crippen LogP contribution in [0.5, 0.6) is 5.75 Å². The van der Waals surface area contributed by atoms with E-state index in [4.69, 9.17) is 4.74 Å². The van der Waals surface area contributed by atoms with Gasteiger partial charge >= 0.3 is 11.7 Å². The van der Waals surface area contributed by atoms with Gasteiger partial charge in [0.1, 0.15) is 5.57 Å². The van der Waals surface area contributed by atoms with Gasteiger partial charge in [-0.05, 0) is 24.3 Å². The summed E-state index contributed by atoms with van der Waals surface area (Å²) in [7, 11) is 0. The monoisotopic (exact) mass is 445 g/mol. The molecule has 1 aliphatic rings. The van der Waals surface area contributed by atoms with Crippen molar-refractivity contribution in [3.63, 3.8) is 0 Å². The highest BCUT2D eigenvalue weighted by Crippen LogP contribution is 2.36. The van der Waals surface area contributed by atoms with Crippen molar-refractivity contribution in [1.82, 2.24) is 5.43 Å². The summed E-state index contributed by atoms with van der Waals surface area (Å²) in [6.07, 6.45) is 1.15. The Hall–Kier alpha value is -3.53. The van der Waals surface area contributed by atoms with Gasteiger partial charge in [-0.1, -0.05) is 34.1 Å². The molecule has 2 aromatic rings. The molecule has 1 N–H and O–H groups in total. The van der Waals surface area contributed by atoms with Gasteiger partial charge < -0.3 is 4.74 Å². The molecule has 9 nitrogen and oxygen atoms in total. The predicted octanol–water partition coefficient (Wildman–Crippen LogP) is 2.74. The van der Waals surface area contributed by atoms with E-state index < -0.39 is 28.4 Å². The van der Waals surface area contributed by atoms with Gasteiger partial charge in [-0.15, -0.1) is 0 Å². The molecular weight excluding hydrogens is 434 g/mol. The maximum Gasteiger partial charge on any atom is 0.313 e. The number of hydrogen-bond acceptors (Lipinski definition) is 6. The quantitative estimate of drug-likeness (QED) is 0.193. The van der Waals surface area contributed by atoms with Crippen LogP contribution in [0.1, 0.15) is 12.5 Å². The molecule has 2 amide bonds. The molecular formula is C18H12BrN3O6. The zero-order valence-electron chi connectivity index (χ0n) is 14.3. The third-order valence-corrected chi connectivity index (χ3v) is 4.17. The zero-order valence-corrected chi connectivity index (χ0v) is 15.9. The Morgan fingerprint density at radius 2 is 1.93 bits per heavy atom. The van der Waals surface area contributed by atoms with Crippen LogP contribution in [-0.4, -0.2) is 22.7 Å². The van der Waals surface area contributed by atoms with Crippen LogP contribution >= 0.6 is 15.9 Å². The minimum Gasteiger partial charge on any atom is -0.419 e. The first kappa shape index (κ1) is 19.2. The number of para-hydroxylation sites is 1. The van der Waals surface area contributed by atoms with Crippen LogP contribution in [0.15, 0.2) is 52.5 Å². The molecule has 0 radical (unpaired) electrons. The van der Waals surface area contributed by atoms with E-state index in [9.17, 15) is 24.5 Å². The van der Waals surface area contributed by atoms with E-state index in [1.54, 1.807) is 30.3 Å². The minimum absolute atomic E-state index is 0.0321. The summed E-state index contributed by atoms with van der Waals surface area (Å²) in [6, 6.07) is 11.0. The lowest BCUT2D eigenvalue weighted by Crippen LogP contribution is -2.35. The summed E-state index contributed by atoms with van der Waals surface area (Å²) in [4.78, 5) is 47.0. The molecule has 1 fully saturated rings. The maximum absolute atomic E-state index is 12.7. The lowest BCUT2D eigenvalue weighted by molar-refractivity contribution is -0.385. The standard InChI is InChI=1S/C18H12BrN3O6/c1-10(23)28-16-11(7-12(19)9-15(16)22(26)27)8-14-17(24)20-21(18(14)25)13-5-3-2-4-6-13/h2-9H,1H3,(H,20,24). The van der Waals surface area contributed by atoms with Gasteiger partial charge in [0.25, 0.3) is 11.8 Å². The van der Waals surface area contributed by atoms with E-state index in [1.807, 2.05) is 0 Å². The number of amides is 2. The summed E-state index contributed by atoms with van der Waals surface area (Å²) in [5.41, 5.74) is 2.16. The Morgan fingerprint density at radius 1 is 1.25 bits per heavy atom. The zero-order chi connectivity index (χ0) is 20.4. The molecule has 2 aromatic carbocycles. The maximum atomic E-state index is 12.7. The first-order chi connectivity index (χ1) is 13.3. The van der Waals surface area contributed by atoms with Gasteiger partial charge in [0.2, 0.25) is 5.75 Å². The third-order valence-electron chi connectivity index (χ3n) is 3.71. The highest BCUT2D eigenvalue weighted by Gasteiger charge is 2.35. The van der Waals surface area contributed by atoms with Crippen molar-refractivity contribution in [3.8, 4) is 5.75 Å². The molecule has 1 heterocycles. The fourth-order valence-corrected chi connectivity index (χ4v) is 3.03. The fourth-order valence-electron chi connectivity index (χ4n) is 2.57. The van der Waals surface area contributed by atoms with E-state index in [2.05, 4.69) is 21.4 Å². The Bertz CT molecular complexity index is 1040. The number of rotatable bonds is 4. The number of halogens is 1. The Labute approximate surface area is 166 Å². The Morgan fingerprint density at radius 3 is 2.54 bits per heavy atom. The van der Waals surface area contributed by atoms with Crippen molar-refractivity contribution in [3.05, 3.63) is 68.2 Å². The summed E-state index contributed by atoms with van der Waals surface area (Å²) < 4.78 is 5.30. The molecule has 142 valence electrons. The molecule has 0 atom stereocenters. The van der Waals surface area contributed by atoms with Crippen molar-refractivity contribution >= 4 is 51.2 Å². The molecule has 0 aliphatic carbocycles. The molecule has 3 rings (SSSR count). The van der Waals surface area contributed by atoms with Gasteiger partial charge in [0.15, 0.2) is 0 Å². The van der Waals surface area contributed by atoms with E-state index in [1.165, 1.54) is 6.07 Å². The highest BCUT2D eigenvalue weighted by molar-refractivity contribution is 9.10. The smallest absolute Gasteiger partial charge is 0.313 e. The van der Waals surface area contributed by atoms with Gasteiger partial charge in [0, 0.05) is 23.0 Å². The van der Waals surface area contributed by atoms with Gasteiger partial charge in [-0.25, -0.2) is 5.01 Å². The highest BCUT2D eigenvalue weighted by atomic mass is 79.9. The van der Waals surface area contributed by atoms with Crippen molar-refractivity contribution in [2.45, 2.75) is 6.92 Å². The van der Waals surface area contributed by atoms with Gasteiger partial charge in [-0.3, -0.25) is 29.9 Å². The summed E-state index contributed by atoms with van der Waals surface area (Å²) >= 11 is 3.14. The lowest BCUT2D eigenvalue weighted by atomic mass is 10.1. The average Bonchev–Trinajstić information content (AvgIpc) is 2.92. The van der Waals surface area contributed by atoms with Crippen LogP contribution in [-0.2, 0) is 14.4 Å². The van der Waals surface area contributed by atoms with Crippen molar-refractivity contribution in [1.29, 1.82) is 0 Å². The molecule has 0 saturated carbocycles. The molecule has 0 bridgehead atoms.